The molecule has 2 N–H and O–H groups in total. The molecule has 9 heteroatoms. The fourth-order valence-electron chi connectivity index (χ4n) is 2.59. The van der Waals surface area contributed by atoms with Gasteiger partial charge < -0.3 is 15.4 Å². The van der Waals surface area contributed by atoms with Crippen molar-refractivity contribution in [3.8, 4) is 10.4 Å². The van der Waals surface area contributed by atoms with Crippen LogP contribution in [0.25, 0.3) is 10.4 Å². The molecule has 1 aromatic heterocycles. The van der Waals surface area contributed by atoms with Crippen LogP contribution in [0.15, 0.2) is 54.6 Å². The highest BCUT2D eigenvalue weighted by Gasteiger charge is 2.14. The van der Waals surface area contributed by atoms with Crippen LogP contribution < -0.4 is 10.6 Å². The summed E-state index contributed by atoms with van der Waals surface area (Å²) in [5.41, 5.74) is 2.03. The third kappa shape index (κ3) is 6.13. The van der Waals surface area contributed by atoms with Crippen molar-refractivity contribution in [3.05, 3.63) is 75.9 Å². The third-order valence-corrected chi connectivity index (χ3v) is 5.78. The number of esters is 1. The van der Waals surface area contributed by atoms with Crippen molar-refractivity contribution in [2.75, 3.05) is 18.5 Å². The van der Waals surface area contributed by atoms with Crippen molar-refractivity contribution in [1.82, 2.24) is 5.32 Å². The second kappa shape index (κ2) is 10.2. The van der Waals surface area contributed by atoms with Gasteiger partial charge in [-0.05, 0) is 54.4 Å². The van der Waals surface area contributed by atoms with Gasteiger partial charge in [0, 0.05) is 15.6 Å². The Labute approximate surface area is 187 Å². The smallest absolute Gasteiger partial charge is 0.348 e. The van der Waals surface area contributed by atoms with E-state index in [0.29, 0.717) is 21.2 Å². The van der Waals surface area contributed by atoms with Gasteiger partial charge in [0.2, 0.25) is 5.91 Å². The molecule has 0 bridgehead atoms. The lowest BCUT2D eigenvalue weighted by Gasteiger charge is -2.10. The van der Waals surface area contributed by atoms with Crippen LogP contribution in [0.4, 0.5) is 10.1 Å². The number of carbonyl (C=O) groups excluding carboxylic acids is 3. The number of amides is 2. The lowest BCUT2D eigenvalue weighted by Crippen LogP contribution is -2.35. The lowest BCUT2D eigenvalue weighted by molar-refractivity contribution is -0.126. The predicted octanol–water partition coefficient (Wildman–Crippen LogP) is 4.43. The minimum Gasteiger partial charge on any atom is -0.451 e. The number of thiophene rings is 1. The zero-order valence-electron chi connectivity index (χ0n) is 16.4. The van der Waals surface area contributed by atoms with Crippen molar-refractivity contribution in [2.24, 2.45) is 0 Å². The van der Waals surface area contributed by atoms with Crippen LogP contribution in [0.2, 0.25) is 5.02 Å². The summed E-state index contributed by atoms with van der Waals surface area (Å²) in [5.74, 6) is -2.05. The largest absolute Gasteiger partial charge is 0.451 e. The molecule has 31 heavy (non-hydrogen) atoms. The molecule has 1 heterocycles. The second-order valence-electron chi connectivity index (χ2n) is 6.48. The van der Waals surface area contributed by atoms with Gasteiger partial charge in [-0.15, -0.1) is 11.3 Å². The van der Waals surface area contributed by atoms with Gasteiger partial charge in [-0.2, -0.15) is 0 Å². The Morgan fingerprint density at radius 2 is 1.77 bits per heavy atom. The fraction of sp³-hybridized carbons (Fsp3) is 0.136. The molecule has 0 aliphatic carbocycles. The molecule has 6 nitrogen and oxygen atoms in total. The van der Waals surface area contributed by atoms with E-state index in [9.17, 15) is 18.8 Å². The molecule has 0 atom stereocenters. The van der Waals surface area contributed by atoms with E-state index in [2.05, 4.69) is 10.6 Å². The van der Waals surface area contributed by atoms with E-state index in [1.807, 2.05) is 0 Å². The zero-order valence-corrected chi connectivity index (χ0v) is 18.0. The summed E-state index contributed by atoms with van der Waals surface area (Å²) in [6.07, 6.45) is 0. The van der Waals surface area contributed by atoms with Gasteiger partial charge in [0.25, 0.3) is 5.91 Å². The number of halogens is 2. The van der Waals surface area contributed by atoms with E-state index < -0.39 is 24.4 Å². The molecule has 2 aromatic carbocycles. The SMILES string of the molecule is Cc1c(Cl)cccc1NC(=O)CNC(=O)COC(=O)c1ccc(-c2ccc(F)cc2)s1. The van der Waals surface area contributed by atoms with Gasteiger partial charge >= 0.3 is 5.97 Å². The number of benzene rings is 2. The molecule has 3 rings (SSSR count). The first-order chi connectivity index (χ1) is 14.8. The number of hydrogen-bond acceptors (Lipinski definition) is 5. The molecule has 0 fully saturated rings. The summed E-state index contributed by atoms with van der Waals surface area (Å²) in [4.78, 5) is 37.1. The monoisotopic (exact) mass is 460 g/mol. The van der Waals surface area contributed by atoms with Gasteiger partial charge in [-0.1, -0.05) is 29.8 Å². The van der Waals surface area contributed by atoms with Crippen molar-refractivity contribution < 1.29 is 23.5 Å². The molecule has 160 valence electrons. The summed E-state index contributed by atoms with van der Waals surface area (Å²) in [7, 11) is 0. The first-order valence-corrected chi connectivity index (χ1v) is 10.4. The van der Waals surface area contributed by atoms with Crippen LogP contribution in [0.5, 0.6) is 0 Å². The highest BCUT2D eigenvalue weighted by atomic mass is 35.5. The van der Waals surface area contributed by atoms with Crippen LogP contribution in [0, 0.1) is 12.7 Å². The van der Waals surface area contributed by atoms with Crippen LogP contribution in [-0.2, 0) is 14.3 Å². The Kier molecular flexibility index (Phi) is 7.38. The molecule has 2 amide bonds. The molecule has 0 unspecified atom stereocenters. The Hall–Kier alpha value is -3.23. The minimum absolute atomic E-state index is 0.282. The van der Waals surface area contributed by atoms with Crippen LogP contribution in [0.1, 0.15) is 15.2 Å². The quantitative estimate of drug-likeness (QED) is 0.511. The van der Waals surface area contributed by atoms with Gasteiger partial charge in [0.15, 0.2) is 6.61 Å². The molecule has 0 aliphatic rings. The van der Waals surface area contributed by atoms with Crippen molar-refractivity contribution in [1.29, 1.82) is 0 Å². The fourth-order valence-corrected chi connectivity index (χ4v) is 3.67. The second-order valence-corrected chi connectivity index (χ2v) is 7.98. The van der Waals surface area contributed by atoms with Crippen LogP contribution in [-0.4, -0.2) is 30.9 Å². The Bertz CT molecular complexity index is 1110. The molecule has 0 spiro atoms. The maximum Gasteiger partial charge on any atom is 0.348 e. The van der Waals surface area contributed by atoms with Gasteiger partial charge in [-0.25, -0.2) is 9.18 Å². The first-order valence-electron chi connectivity index (χ1n) is 9.18. The van der Waals surface area contributed by atoms with Gasteiger partial charge in [0.1, 0.15) is 10.7 Å². The number of ether oxygens (including phenoxy) is 1. The molecule has 0 saturated heterocycles. The number of carbonyl (C=O) groups is 3. The van der Waals surface area contributed by atoms with E-state index in [0.717, 1.165) is 10.4 Å². The average molecular weight is 461 g/mol. The van der Waals surface area contributed by atoms with Crippen molar-refractivity contribution in [3.63, 3.8) is 0 Å². The molecule has 0 aliphatic heterocycles. The Morgan fingerprint density at radius 3 is 2.52 bits per heavy atom. The average Bonchev–Trinajstić information content (AvgIpc) is 3.24. The van der Waals surface area contributed by atoms with E-state index in [1.165, 1.54) is 23.5 Å². The Morgan fingerprint density at radius 1 is 1.03 bits per heavy atom. The highest BCUT2D eigenvalue weighted by Crippen LogP contribution is 2.28. The maximum absolute atomic E-state index is 13.0. The van der Waals surface area contributed by atoms with E-state index in [4.69, 9.17) is 16.3 Å². The standard InChI is InChI=1S/C22H18ClFN2O4S/c1-13-16(23)3-2-4-17(13)26-20(27)11-25-21(28)12-30-22(29)19-10-9-18(31-19)14-5-7-15(24)8-6-14/h2-10H,11-12H2,1H3,(H,25,28)(H,26,27). The zero-order chi connectivity index (χ0) is 22.4. The highest BCUT2D eigenvalue weighted by molar-refractivity contribution is 7.17. The molecule has 0 radical (unpaired) electrons. The molecular weight excluding hydrogens is 443 g/mol. The summed E-state index contributed by atoms with van der Waals surface area (Å²) in [6.45, 7) is 0.962. The van der Waals surface area contributed by atoms with E-state index in [-0.39, 0.29) is 12.4 Å². The molecule has 0 saturated carbocycles. The summed E-state index contributed by atoms with van der Waals surface area (Å²) in [5, 5.41) is 5.56. The number of rotatable bonds is 7. The first kappa shape index (κ1) is 22.5. The van der Waals surface area contributed by atoms with Crippen molar-refractivity contribution >= 4 is 46.4 Å². The van der Waals surface area contributed by atoms with Gasteiger partial charge in [-0.3, -0.25) is 9.59 Å². The van der Waals surface area contributed by atoms with E-state index in [1.54, 1.807) is 49.4 Å². The predicted molar refractivity (Wildman–Crippen MR) is 118 cm³/mol. The summed E-state index contributed by atoms with van der Waals surface area (Å²) in [6, 6.07) is 14.3. The summed E-state index contributed by atoms with van der Waals surface area (Å²) >= 11 is 7.17. The topological polar surface area (TPSA) is 84.5 Å². The maximum atomic E-state index is 13.0. The minimum atomic E-state index is -0.660. The molecular formula is C22H18ClFN2O4S. The third-order valence-electron chi connectivity index (χ3n) is 4.26. The molecule has 3 aromatic rings. The Balaban J connectivity index is 1.45. The normalized spacial score (nSPS) is 10.4. The number of anilines is 1. The number of nitrogens with one attached hydrogen (secondary N) is 2. The van der Waals surface area contributed by atoms with Gasteiger partial charge in [0.05, 0.1) is 6.54 Å². The van der Waals surface area contributed by atoms with Crippen LogP contribution in [0.3, 0.4) is 0 Å². The lowest BCUT2D eigenvalue weighted by atomic mass is 10.2. The van der Waals surface area contributed by atoms with Crippen molar-refractivity contribution in [2.45, 2.75) is 6.92 Å². The number of hydrogen-bond donors (Lipinski definition) is 2. The van der Waals surface area contributed by atoms with Crippen LogP contribution >= 0.6 is 22.9 Å². The van der Waals surface area contributed by atoms with E-state index >= 15 is 0 Å². The summed E-state index contributed by atoms with van der Waals surface area (Å²) < 4.78 is 18.0.